The zero-order chi connectivity index (χ0) is 13.1. The topological polar surface area (TPSA) is 55.1 Å². The molecule has 17 heavy (non-hydrogen) atoms. The van der Waals surface area contributed by atoms with Gasteiger partial charge in [0, 0.05) is 6.04 Å². The Morgan fingerprint density at radius 3 is 2.65 bits per heavy atom. The maximum atomic E-state index is 12.5. The van der Waals surface area contributed by atoms with Crippen molar-refractivity contribution < 1.29 is 18.0 Å². The number of carbonyl (C=O) groups is 1. The Bertz CT molecular complexity index is 268. The summed E-state index contributed by atoms with van der Waals surface area (Å²) in [6.07, 6.45) is -2.43. The monoisotopic (exact) mass is 252 g/mol. The van der Waals surface area contributed by atoms with Crippen molar-refractivity contribution >= 4 is 5.91 Å². The van der Waals surface area contributed by atoms with Gasteiger partial charge in [0.1, 0.15) is 0 Å². The lowest BCUT2D eigenvalue weighted by atomic mass is 9.85. The highest BCUT2D eigenvalue weighted by atomic mass is 19.4. The van der Waals surface area contributed by atoms with Crippen LogP contribution >= 0.6 is 0 Å². The summed E-state index contributed by atoms with van der Waals surface area (Å²) in [5.74, 6) is -1.64. The van der Waals surface area contributed by atoms with Crippen LogP contribution in [0, 0.1) is 5.92 Å². The van der Waals surface area contributed by atoms with Gasteiger partial charge in [-0.2, -0.15) is 13.2 Å². The van der Waals surface area contributed by atoms with E-state index in [1.54, 1.807) is 6.92 Å². The fourth-order valence-corrected chi connectivity index (χ4v) is 2.11. The van der Waals surface area contributed by atoms with E-state index < -0.39 is 18.1 Å². The molecule has 1 aliphatic carbocycles. The van der Waals surface area contributed by atoms with Crippen LogP contribution in [0.3, 0.4) is 0 Å². The molecule has 1 rings (SSSR count). The highest BCUT2D eigenvalue weighted by molar-refractivity contribution is 5.81. The molecular weight excluding hydrogens is 233 g/mol. The third-order valence-electron chi connectivity index (χ3n) is 3.26. The van der Waals surface area contributed by atoms with Gasteiger partial charge in [-0.25, -0.2) is 0 Å². The molecule has 0 aromatic rings. The molecule has 0 bridgehead atoms. The smallest absolute Gasteiger partial charge is 0.352 e. The summed E-state index contributed by atoms with van der Waals surface area (Å²) >= 11 is 0. The molecule has 3 unspecified atom stereocenters. The molecule has 100 valence electrons. The lowest BCUT2D eigenvalue weighted by Crippen LogP contribution is -2.47. The number of rotatable bonds is 3. The lowest BCUT2D eigenvalue weighted by molar-refractivity contribution is -0.184. The first kappa shape index (κ1) is 14.3. The molecule has 1 amide bonds. The number of halogens is 3. The minimum Gasteiger partial charge on any atom is -0.352 e. The van der Waals surface area contributed by atoms with Crippen LogP contribution in [0.15, 0.2) is 0 Å². The first-order valence-corrected chi connectivity index (χ1v) is 5.97. The Morgan fingerprint density at radius 2 is 2.12 bits per heavy atom. The largest absolute Gasteiger partial charge is 0.391 e. The zero-order valence-corrected chi connectivity index (χ0v) is 9.89. The normalized spacial score (nSPS) is 27.6. The Morgan fingerprint density at radius 1 is 1.47 bits per heavy atom. The third kappa shape index (κ3) is 4.18. The fraction of sp³-hybridized carbons (Fsp3) is 0.909. The van der Waals surface area contributed by atoms with Gasteiger partial charge in [0.05, 0.1) is 12.0 Å². The van der Waals surface area contributed by atoms with E-state index in [4.69, 9.17) is 5.73 Å². The molecular formula is C11H19F3N2O. The summed E-state index contributed by atoms with van der Waals surface area (Å²) in [7, 11) is 0. The van der Waals surface area contributed by atoms with Crippen molar-refractivity contribution in [2.24, 2.45) is 11.7 Å². The molecule has 0 aromatic carbocycles. The highest BCUT2D eigenvalue weighted by Gasteiger charge is 2.42. The van der Waals surface area contributed by atoms with Crippen molar-refractivity contribution in [2.75, 3.05) is 0 Å². The van der Waals surface area contributed by atoms with Crippen LogP contribution in [-0.2, 0) is 4.79 Å². The van der Waals surface area contributed by atoms with Gasteiger partial charge >= 0.3 is 6.18 Å². The van der Waals surface area contributed by atoms with Crippen molar-refractivity contribution in [1.82, 2.24) is 5.32 Å². The van der Waals surface area contributed by atoms with Crippen LogP contribution in [0.5, 0.6) is 0 Å². The molecule has 6 heteroatoms. The van der Waals surface area contributed by atoms with Crippen LogP contribution in [0.25, 0.3) is 0 Å². The predicted octanol–water partition coefficient (Wildman–Crippen LogP) is 1.96. The highest BCUT2D eigenvalue weighted by Crippen LogP contribution is 2.37. The average Bonchev–Trinajstić information content (AvgIpc) is 2.27. The average molecular weight is 252 g/mol. The molecule has 0 aliphatic heterocycles. The number of amides is 1. The van der Waals surface area contributed by atoms with Gasteiger partial charge in [-0.15, -0.1) is 0 Å². The van der Waals surface area contributed by atoms with Gasteiger partial charge in [-0.1, -0.05) is 13.3 Å². The first-order chi connectivity index (χ1) is 7.84. The van der Waals surface area contributed by atoms with Crippen molar-refractivity contribution in [3.8, 4) is 0 Å². The van der Waals surface area contributed by atoms with Crippen LogP contribution in [0.4, 0.5) is 13.2 Å². The Balaban J connectivity index is 2.48. The van der Waals surface area contributed by atoms with E-state index in [1.807, 2.05) is 0 Å². The number of alkyl halides is 3. The molecule has 1 aliphatic rings. The second-order valence-electron chi connectivity index (χ2n) is 4.63. The standard InChI is InChI=1S/C11H19F3N2O/c1-2-9(15)10(17)16-8-5-3-4-7(6-8)11(12,13)14/h7-9H,2-6,15H2,1H3,(H,16,17). The predicted molar refractivity (Wildman–Crippen MR) is 58.2 cm³/mol. The van der Waals surface area contributed by atoms with Gasteiger partial charge < -0.3 is 11.1 Å². The van der Waals surface area contributed by atoms with Crippen molar-refractivity contribution in [2.45, 2.75) is 57.3 Å². The first-order valence-electron chi connectivity index (χ1n) is 5.97. The van der Waals surface area contributed by atoms with E-state index in [0.29, 0.717) is 19.3 Å². The zero-order valence-electron chi connectivity index (χ0n) is 9.89. The molecule has 3 N–H and O–H groups in total. The van der Waals surface area contributed by atoms with E-state index in [1.165, 1.54) is 0 Å². The number of hydrogen-bond donors (Lipinski definition) is 2. The molecule has 1 fully saturated rings. The van der Waals surface area contributed by atoms with Gasteiger partial charge in [0.25, 0.3) is 0 Å². The summed E-state index contributed by atoms with van der Waals surface area (Å²) in [4.78, 5) is 11.5. The number of carbonyl (C=O) groups excluding carboxylic acids is 1. The summed E-state index contributed by atoms with van der Waals surface area (Å²) < 4.78 is 37.6. The van der Waals surface area contributed by atoms with Crippen LogP contribution < -0.4 is 11.1 Å². The van der Waals surface area contributed by atoms with E-state index in [2.05, 4.69) is 5.32 Å². The van der Waals surface area contributed by atoms with E-state index in [-0.39, 0.29) is 24.8 Å². The quantitative estimate of drug-likeness (QED) is 0.806. The van der Waals surface area contributed by atoms with Crippen LogP contribution in [0.1, 0.15) is 39.0 Å². The van der Waals surface area contributed by atoms with E-state index in [9.17, 15) is 18.0 Å². The molecule has 0 radical (unpaired) electrons. The van der Waals surface area contributed by atoms with Crippen LogP contribution in [-0.4, -0.2) is 24.2 Å². The summed E-state index contributed by atoms with van der Waals surface area (Å²) in [6.45, 7) is 1.77. The third-order valence-corrected chi connectivity index (χ3v) is 3.26. The molecule has 0 heterocycles. The molecule has 0 saturated heterocycles. The van der Waals surface area contributed by atoms with Gasteiger partial charge in [0.2, 0.25) is 5.91 Å². The molecule has 3 atom stereocenters. The minimum atomic E-state index is -4.16. The number of nitrogens with two attached hydrogens (primary N) is 1. The van der Waals surface area contributed by atoms with Crippen molar-refractivity contribution in [1.29, 1.82) is 0 Å². The second-order valence-corrected chi connectivity index (χ2v) is 4.63. The summed E-state index contributed by atoms with van der Waals surface area (Å²) in [5.41, 5.74) is 5.52. The summed E-state index contributed by atoms with van der Waals surface area (Å²) in [6, 6.07) is -1.01. The lowest BCUT2D eigenvalue weighted by Gasteiger charge is -2.31. The van der Waals surface area contributed by atoms with Crippen LogP contribution in [0.2, 0.25) is 0 Å². The molecule has 0 spiro atoms. The number of hydrogen-bond acceptors (Lipinski definition) is 2. The SMILES string of the molecule is CCC(N)C(=O)NC1CCCC(C(F)(F)F)C1. The Kier molecular flexibility index (Phi) is 4.80. The second kappa shape index (κ2) is 5.71. The maximum Gasteiger partial charge on any atom is 0.391 e. The summed E-state index contributed by atoms with van der Waals surface area (Å²) in [5, 5.41) is 2.61. The molecule has 1 saturated carbocycles. The maximum absolute atomic E-state index is 12.5. The Hall–Kier alpha value is -0.780. The van der Waals surface area contributed by atoms with E-state index in [0.717, 1.165) is 0 Å². The van der Waals surface area contributed by atoms with Gasteiger partial charge in [-0.05, 0) is 25.7 Å². The Labute approximate surface area is 98.9 Å². The number of nitrogens with one attached hydrogen (secondary N) is 1. The minimum absolute atomic E-state index is 0.0221. The van der Waals surface area contributed by atoms with Gasteiger partial charge in [0.15, 0.2) is 0 Å². The fourth-order valence-electron chi connectivity index (χ4n) is 2.11. The van der Waals surface area contributed by atoms with E-state index >= 15 is 0 Å². The molecule has 0 aromatic heterocycles. The van der Waals surface area contributed by atoms with Crippen molar-refractivity contribution in [3.63, 3.8) is 0 Å². The van der Waals surface area contributed by atoms with Crippen molar-refractivity contribution in [3.05, 3.63) is 0 Å². The van der Waals surface area contributed by atoms with Gasteiger partial charge in [-0.3, -0.25) is 4.79 Å². The molecule has 3 nitrogen and oxygen atoms in total.